The summed E-state index contributed by atoms with van der Waals surface area (Å²) in [5, 5.41) is 11.9. The molecule has 0 saturated heterocycles. The van der Waals surface area contributed by atoms with Gasteiger partial charge >= 0.3 is 0 Å². The van der Waals surface area contributed by atoms with Gasteiger partial charge in [-0.3, -0.25) is 0 Å². The van der Waals surface area contributed by atoms with Crippen LogP contribution in [0.1, 0.15) is 0 Å². The van der Waals surface area contributed by atoms with Gasteiger partial charge in [-0.2, -0.15) is 0 Å². The van der Waals surface area contributed by atoms with Crippen LogP contribution in [0.15, 0.2) is 152 Å². The second-order valence-electron chi connectivity index (χ2n) is 12.9. The van der Waals surface area contributed by atoms with Gasteiger partial charge in [0.25, 0.3) is 0 Å². The Morgan fingerprint density at radius 3 is 1.68 bits per heavy atom. The molecule has 0 amide bonds. The quantitative estimate of drug-likeness (QED) is 0.144. The molecule has 0 aliphatic carbocycles. The van der Waals surface area contributed by atoms with Gasteiger partial charge in [0.1, 0.15) is 0 Å². The summed E-state index contributed by atoms with van der Waals surface area (Å²) in [4.78, 5) is 0. The summed E-state index contributed by atoms with van der Waals surface area (Å²) in [5.74, 6) is 0. The molecule has 0 heterocycles. The van der Waals surface area contributed by atoms with Crippen LogP contribution in [0.4, 0.5) is 0 Å². The average Bonchev–Trinajstić information content (AvgIpc) is 3.06. The van der Waals surface area contributed by atoms with Crippen molar-refractivity contribution >= 4 is 56.4 Å². The Balaban J connectivity index is 1.52. The monoisotopic (exact) mass is 578 g/mol. The highest BCUT2D eigenvalue weighted by Crippen LogP contribution is 2.46. The van der Waals surface area contributed by atoms with Crippen molar-refractivity contribution in [3.05, 3.63) is 152 Å². The third-order valence-corrected chi connectivity index (χ3v) is 11.2. The van der Waals surface area contributed by atoms with Crippen LogP contribution < -0.4 is 5.19 Å². The molecule has 0 radical (unpaired) electrons. The molecule has 8 aromatic rings. The van der Waals surface area contributed by atoms with Crippen molar-refractivity contribution in [3.8, 4) is 33.4 Å². The van der Waals surface area contributed by atoms with E-state index in [0.717, 1.165) is 0 Å². The van der Waals surface area contributed by atoms with Crippen molar-refractivity contribution in [2.45, 2.75) is 19.6 Å². The molecule has 0 fully saturated rings. The summed E-state index contributed by atoms with van der Waals surface area (Å²) in [6.07, 6.45) is 0. The summed E-state index contributed by atoms with van der Waals surface area (Å²) < 4.78 is 0. The molecule has 0 N–H and O–H groups in total. The van der Waals surface area contributed by atoms with Gasteiger partial charge in [0, 0.05) is 0 Å². The predicted molar refractivity (Wildman–Crippen MR) is 196 cm³/mol. The van der Waals surface area contributed by atoms with Crippen LogP contribution in [0.2, 0.25) is 19.6 Å². The molecule has 0 aromatic heterocycles. The lowest BCUT2D eigenvalue weighted by molar-refractivity contribution is 1.65. The number of rotatable bonds is 4. The van der Waals surface area contributed by atoms with Crippen molar-refractivity contribution < 1.29 is 0 Å². The first-order valence-corrected chi connectivity index (χ1v) is 19.0. The van der Waals surface area contributed by atoms with Crippen molar-refractivity contribution in [1.29, 1.82) is 0 Å². The molecule has 8 aromatic carbocycles. The Morgan fingerprint density at radius 1 is 0.341 bits per heavy atom. The van der Waals surface area contributed by atoms with Crippen LogP contribution in [0.5, 0.6) is 0 Å². The maximum absolute atomic E-state index is 2.46. The lowest BCUT2D eigenvalue weighted by Crippen LogP contribution is -2.38. The molecular formula is C43H34Si. The van der Waals surface area contributed by atoms with Gasteiger partial charge in [0.05, 0.1) is 8.07 Å². The van der Waals surface area contributed by atoms with Crippen LogP contribution in [-0.2, 0) is 0 Å². The van der Waals surface area contributed by atoms with E-state index in [-0.39, 0.29) is 0 Å². The first-order chi connectivity index (χ1) is 21.5. The number of hydrogen-bond acceptors (Lipinski definition) is 0. The number of benzene rings is 8. The molecule has 0 nitrogen and oxygen atoms in total. The van der Waals surface area contributed by atoms with E-state index in [4.69, 9.17) is 0 Å². The van der Waals surface area contributed by atoms with Gasteiger partial charge in [-0.25, -0.2) is 0 Å². The van der Waals surface area contributed by atoms with E-state index >= 15 is 0 Å². The Bertz CT molecular complexity index is 2350. The van der Waals surface area contributed by atoms with Crippen LogP contribution in [0.25, 0.3) is 76.5 Å². The van der Waals surface area contributed by atoms with Gasteiger partial charge in [0.2, 0.25) is 0 Å². The average molecular weight is 579 g/mol. The fraction of sp³-hybridized carbons (Fsp3) is 0.0698. The zero-order valence-corrected chi connectivity index (χ0v) is 26.4. The minimum absolute atomic E-state index is 1.25. The molecule has 0 bridgehead atoms. The van der Waals surface area contributed by atoms with Crippen LogP contribution in [-0.4, -0.2) is 8.07 Å². The molecule has 0 aliphatic heterocycles. The van der Waals surface area contributed by atoms with Crippen LogP contribution in [0, 0.1) is 0 Å². The lowest BCUT2D eigenvalue weighted by Gasteiger charge is -2.22. The zero-order chi connectivity index (χ0) is 29.8. The molecule has 44 heavy (non-hydrogen) atoms. The van der Waals surface area contributed by atoms with Crippen molar-refractivity contribution in [1.82, 2.24) is 0 Å². The fourth-order valence-electron chi connectivity index (χ4n) is 7.20. The molecule has 0 unspecified atom stereocenters. The molecule has 0 spiro atoms. The SMILES string of the molecule is C[Si](C)(C)c1ccc(-c2ccc3c(-c4ccccc4)c4ccccc4c(-c4cccc5ccccc45)c3c2)c2ccccc12. The van der Waals surface area contributed by atoms with E-state index in [1.54, 1.807) is 0 Å². The molecule has 210 valence electrons. The Labute approximate surface area is 260 Å². The predicted octanol–water partition coefficient (Wildman–Crippen LogP) is 11.8. The topological polar surface area (TPSA) is 0 Å². The van der Waals surface area contributed by atoms with Gasteiger partial charge in [0.15, 0.2) is 0 Å². The minimum atomic E-state index is -1.52. The standard InChI is InChI=1S/C43H34Si/c1-44(2,3)41-27-26-33(34-19-9-10-20-35(34)41)31-24-25-39-40(28-31)43(36-23-13-17-29-14-7-8-18-32(29)36)38-22-12-11-21-37(38)42(39)30-15-5-4-6-16-30/h4-28H,1-3H3. The zero-order valence-electron chi connectivity index (χ0n) is 25.4. The van der Waals surface area contributed by atoms with E-state index in [9.17, 15) is 0 Å². The number of fused-ring (bicyclic) bond motifs is 4. The highest BCUT2D eigenvalue weighted by molar-refractivity contribution is 6.90. The van der Waals surface area contributed by atoms with Crippen molar-refractivity contribution in [3.63, 3.8) is 0 Å². The van der Waals surface area contributed by atoms with E-state index in [0.29, 0.717) is 0 Å². The largest absolute Gasteiger partial charge is 0.0784 e. The number of hydrogen-bond donors (Lipinski definition) is 0. The first-order valence-electron chi connectivity index (χ1n) is 15.5. The Hall–Kier alpha value is -4.98. The molecule has 8 rings (SSSR count). The summed E-state index contributed by atoms with van der Waals surface area (Å²) in [7, 11) is -1.52. The van der Waals surface area contributed by atoms with E-state index in [1.165, 1.54) is 81.7 Å². The summed E-state index contributed by atoms with van der Waals surface area (Å²) in [5.41, 5.74) is 7.67. The fourth-order valence-corrected chi connectivity index (χ4v) is 8.81. The first kappa shape index (κ1) is 26.6. The third kappa shape index (κ3) is 4.27. The molecule has 0 atom stereocenters. The van der Waals surface area contributed by atoms with E-state index < -0.39 is 8.07 Å². The molecular weight excluding hydrogens is 545 g/mol. The normalized spacial score (nSPS) is 12.0. The van der Waals surface area contributed by atoms with E-state index in [1.807, 2.05) is 0 Å². The maximum atomic E-state index is 2.46. The second-order valence-corrected chi connectivity index (χ2v) is 17.9. The summed E-state index contributed by atoms with van der Waals surface area (Å²) in [6, 6.07) is 56.3. The molecule has 0 aliphatic rings. The van der Waals surface area contributed by atoms with Crippen LogP contribution >= 0.6 is 0 Å². The van der Waals surface area contributed by atoms with Gasteiger partial charge in [-0.05, 0) is 82.5 Å². The van der Waals surface area contributed by atoms with E-state index in [2.05, 4.69) is 171 Å². The molecule has 1 heteroatoms. The van der Waals surface area contributed by atoms with Crippen LogP contribution in [0.3, 0.4) is 0 Å². The highest BCUT2D eigenvalue weighted by atomic mass is 28.3. The third-order valence-electron chi connectivity index (χ3n) is 9.19. The highest BCUT2D eigenvalue weighted by Gasteiger charge is 2.22. The minimum Gasteiger partial charge on any atom is -0.0656 e. The Morgan fingerprint density at radius 2 is 0.932 bits per heavy atom. The Kier molecular flexibility index (Phi) is 6.25. The molecule has 0 saturated carbocycles. The lowest BCUT2D eigenvalue weighted by atomic mass is 9.83. The maximum Gasteiger partial charge on any atom is 0.0784 e. The second kappa shape index (κ2) is 10.3. The van der Waals surface area contributed by atoms with Gasteiger partial charge in [-0.15, -0.1) is 0 Å². The van der Waals surface area contributed by atoms with Gasteiger partial charge in [-0.1, -0.05) is 170 Å². The summed E-state index contributed by atoms with van der Waals surface area (Å²) >= 11 is 0. The van der Waals surface area contributed by atoms with Gasteiger partial charge < -0.3 is 0 Å². The summed E-state index contributed by atoms with van der Waals surface area (Å²) in [6.45, 7) is 7.32. The van der Waals surface area contributed by atoms with Crippen molar-refractivity contribution in [2.24, 2.45) is 0 Å². The smallest absolute Gasteiger partial charge is 0.0656 e. The van der Waals surface area contributed by atoms with Crippen molar-refractivity contribution in [2.75, 3.05) is 0 Å².